The van der Waals surface area contributed by atoms with Crippen molar-refractivity contribution in [3.05, 3.63) is 113 Å². The number of benzene rings is 3. The summed E-state index contributed by atoms with van der Waals surface area (Å²) in [5.74, 6) is 0.623. The van der Waals surface area contributed by atoms with E-state index in [1.807, 2.05) is 65.5 Å². The molecule has 0 unspecified atom stereocenters. The lowest BCUT2D eigenvalue weighted by Gasteiger charge is -2.09. The third-order valence-corrected chi connectivity index (χ3v) is 5.62. The Labute approximate surface area is 203 Å². The predicted molar refractivity (Wildman–Crippen MR) is 134 cm³/mol. The number of carbonyl (C=O) groups excluding carboxylic acids is 1. The summed E-state index contributed by atoms with van der Waals surface area (Å²) in [4.78, 5) is 11.8. The molecule has 7 heteroatoms. The van der Waals surface area contributed by atoms with E-state index in [9.17, 15) is 4.79 Å². The number of aryl methyl sites for hydroxylation is 2. The van der Waals surface area contributed by atoms with Crippen LogP contribution >= 0.6 is 0 Å². The molecule has 2 heterocycles. The number of aldehydes is 1. The molecule has 0 saturated carbocycles. The summed E-state index contributed by atoms with van der Waals surface area (Å²) < 4.78 is 9.63. The second kappa shape index (κ2) is 9.77. The lowest BCUT2D eigenvalue weighted by Crippen LogP contribution is -2.01. The Kier molecular flexibility index (Phi) is 6.22. The molecule has 0 aliphatic carbocycles. The van der Waals surface area contributed by atoms with Crippen LogP contribution in [0.25, 0.3) is 16.9 Å². The number of para-hydroxylation sites is 2. The van der Waals surface area contributed by atoms with Gasteiger partial charge in [0.2, 0.25) is 0 Å². The summed E-state index contributed by atoms with van der Waals surface area (Å²) in [6, 6.07) is 23.7. The Hall–Kier alpha value is -4.52. The van der Waals surface area contributed by atoms with Gasteiger partial charge in [0.1, 0.15) is 23.7 Å². The van der Waals surface area contributed by atoms with Gasteiger partial charge in [0, 0.05) is 11.8 Å². The second-order valence-electron chi connectivity index (χ2n) is 8.52. The normalized spacial score (nSPS) is 10.9. The summed E-state index contributed by atoms with van der Waals surface area (Å²) in [5.41, 5.74) is 7.03. The molecule has 0 aliphatic rings. The molecule has 0 N–H and O–H groups in total. The minimum absolute atomic E-state index is 0.250. The summed E-state index contributed by atoms with van der Waals surface area (Å²) in [5, 5.41) is 13.2. The quantitative estimate of drug-likeness (QED) is 0.296. The number of carbonyl (C=O) groups is 1. The zero-order valence-electron chi connectivity index (χ0n) is 19.6. The van der Waals surface area contributed by atoms with Crippen LogP contribution in [0.15, 0.2) is 85.2 Å². The largest absolute Gasteiger partial charge is 0.486 e. The molecule has 0 saturated heterocycles. The Morgan fingerprint density at radius 2 is 1.66 bits per heavy atom. The van der Waals surface area contributed by atoms with Crippen LogP contribution in [0, 0.1) is 13.8 Å². The number of ether oxygens (including phenoxy) is 1. The first-order chi connectivity index (χ1) is 17.1. The van der Waals surface area contributed by atoms with E-state index >= 15 is 0 Å². The lowest BCUT2D eigenvalue weighted by atomic mass is 10.1. The van der Waals surface area contributed by atoms with Crippen LogP contribution in [0.1, 0.15) is 32.7 Å². The number of hydrogen-bond donors (Lipinski definition) is 0. The second-order valence-corrected chi connectivity index (χ2v) is 8.52. The van der Waals surface area contributed by atoms with Crippen molar-refractivity contribution in [2.75, 3.05) is 0 Å². The molecule has 7 nitrogen and oxygen atoms in total. The zero-order valence-corrected chi connectivity index (χ0v) is 19.6. The fourth-order valence-corrected chi connectivity index (χ4v) is 4.16. The molecule has 0 fully saturated rings. The van der Waals surface area contributed by atoms with Gasteiger partial charge in [0.25, 0.3) is 0 Å². The molecular weight excluding hydrogens is 438 g/mol. The molecule has 0 radical (unpaired) electrons. The van der Waals surface area contributed by atoms with Gasteiger partial charge < -0.3 is 4.74 Å². The van der Waals surface area contributed by atoms with Crippen LogP contribution < -0.4 is 4.74 Å². The fraction of sp³-hybridized carbons (Fsp3) is 0.143. The first kappa shape index (κ1) is 22.3. The summed E-state index contributed by atoms with van der Waals surface area (Å²) in [7, 11) is 0. The van der Waals surface area contributed by atoms with Gasteiger partial charge in [-0.1, -0.05) is 64.9 Å². The highest BCUT2D eigenvalue weighted by Crippen LogP contribution is 2.31. The molecule has 5 rings (SSSR count). The van der Waals surface area contributed by atoms with Gasteiger partial charge >= 0.3 is 0 Å². The van der Waals surface area contributed by atoms with Gasteiger partial charge in [-0.25, -0.2) is 9.36 Å². The molecule has 5 aromatic rings. The molecular formula is C28H25N5O2. The fourth-order valence-electron chi connectivity index (χ4n) is 4.16. The van der Waals surface area contributed by atoms with Crippen LogP contribution in [0.5, 0.6) is 5.75 Å². The highest BCUT2D eigenvalue weighted by molar-refractivity contribution is 5.87. The van der Waals surface area contributed by atoms with E-state index in [1.165, 1.54) is 16.7 Å². The molecule has 0 spiro atoms. The van der Waals surface area contributed by atoms with Gasteiger partial charge in [-0.3, -0.25) is 4.79 Å². The van der Waals surface area contributed by atoms with Crippen molar-refractivity contribution in [1.29, 1.82) is 0 Å². The maximum atomic E-state index is 11.8. The van der Waals surface area contributed by atoms with E-state index in [-0.39, 0.29) is 6.61 Å². The third kappa shape index (κ3) is 5.04. The molecule has 35 heavy (non-hydrogen) atoms. The number of hydrogen-bond acceptors (Lipinski definition) is 5. The standard InChI is InChI=1S/C28H25N5O2/c1-20-12-21(2)14-22(13-20)15-32-17-24(29-31-32)19-35-27-11-7-6-10-26(27)28-23(18-34)16-33(30-28)25-8-4-3-5-9-25/h3-14,16-18H,15,19H2,1-2H3. The van der Waals surface area contributed by atoms with E-state index in [0.717, 1.165) is 23.2 Å². The first-order valence-corrected chi connectivity index (χ1v) is 11.4. The SMILES string of the molecule is Cc1cc(C)cc(Cn2cc(COc3ccccc3-c3nn(-c4ccccc4)cc3C=O)nn2)c1. The van der Waals surface area contributed by atoms with Crippen molar-refractivity contribution in [2.24, 2.45) is 0 Å². The highest BCUT2D eigenvalue weighted by atomic mass is 16.5. The zero-order chi connectivity index (χ0) is 24.2. The molecule has 0 atom stereocenters. The Morgan fingerprint density at radius 1 is 0.914 bits per heavy atom. The smallest absolute Gasteiger partial charge is 0.153 e. The van der Waals surface area contributed by atoms with Crippen molar-refractivity contribution in [2.45, 2.75) is 27.0 Å². The first-order valence-electron chi connectivity index (χ1n) is 11.4. The molecule has 174 valence electrons. The lowest BCUT2D eigenvalue weighted by molar-refractivity contribution is 0.112. The van der Waals surface area contributed by atoms with E-state index < -0.39 is 0 Å². The summed E-state index contributed by atoms with van der Waals surface area (Å²) in [6.07, 6.45) is 4.44. The molecule has 3 aromatic carbocycles. The van der Waals surface area contributed by atoms with Crippen LogP contribution in [0.2, 0.25) is 0 Å². The van der Waals surface area contributed by atoms with Gasteiger partial charge in [0.15, 0.2) is 6.29 Å². The van der Waals surface area contributed by atoms with Crippen LogP contribution in [-0.4, -0.2) is 31.1 Å². The van der Waals surface area contributed by atoms with Crippen LogP contribution in [0.4, 0.5) is 0 Å². The minimum atomic E-state index is 0.250. The van der Waals surface area contributed by atoms with Gasteiger partial charge in [-0.05, 0) is 43.7 Å². The maximum absolute atomic E-state index is 11.8. The van der Waals surface area contributed by atoms with Crippen LogP contribution in [0.3, 0.4) is 0 Å². The highest BCUT2D eigenvalue weighted by Gasteiger charge is 2.16. The number of nitrogens with zero attached hydrogens (tertiary/aromatic N) is 5. The van der Waals surface area contributed by atoms with Gasteiger partial charge in [-0.2, -0.15) is 5.10 Å². The van der Waals surface area contributed by atoms with Crippen molar-refractivity contribution in [1.82, 2.24) is 24.8 Å². The van der Waals surface area contributed by atoms with E-state index in [4.69, 9.17) is 4.74 Å². The van der Waals surface area contributed by atoms with Crippen molar-refractivity contribution >= 4 is 6.29 Å². The van der Waals surface area contributed by atoms with Gasteiger partial charge in [0.05, 0.1) is 24.0 Å². The Morgan fingerprint density at radius 3 is 2.43 bits per heavy atom. The van der Waals surface area contributed by atoms with E-state index in [1.54, 1.807) is 10.9 Å². The average molecular weight is 464 g/mol. The van der Waals surface area contributed by atoms with Gasteiger partial charge in [-0.15, -0.1) is 5.10 Å². The van der Waals surface area contributed by atoms with Crippen molar-refractivity contribution in [3.63, 3.8) is 0 Å². The molecule has 0 amide bonds. The predicted octanol–water partition coefficient (Wildman–Crippen LogP) is 5.19. The molecule has 2 aromatic heterocycles. The molecule has 0 bridgehead atoms. The van der Waals surface area contributed by atoms with Crippen molar-refractivity contribution < 1.29 is 9.53 Å². The summed E-state index contributed by atoms with van der Waals surface area (Å²) in [6.45, 7) is 5.08. The average Bonchev–Trinajstić information content (AvgIpc) is 3.50. The Balaban J connectivity index is 1.35. The van der Waals surface area contributed by atoms with E-state index in [0.29, 0.717) is 23.6 Å². The third-order valence-electron chi connectivity index (χ3n) is 5.62. The van der Waals surface area contributed by atoms with Crippen LogP contribution in [-0.2, 0) is 13.2 Å². The van der Waals surface area contributed by atoms with Crippen molar-refractivity contribution in [3.8, 4) is 22.7 Å². The Bertz CT molecular complexity index is 1450. The van der Waals surface area contributed by atoms with E-state index in [2.05, 4.69) is 47.5 Å². The monoisotopic (exact) mass is 463 g/mol. The number of rotatable bonds is 8. The topological polar surface area (TPSA) is 74.8 Å². The minimum Gasteiger partial charge on any atom is -0.486 e. The summed E-state index contributed by atoms with van der Waals surface area (Å²) >= 11 is 0. The number of aromatic nitrogens is 5. The maximum Gasteiger partial charge on any atom is 0.153 e. The molecule has 0 aliphatic heterocycles.